The third-order valence-electron chi connectivity index (χ3n) is 5.18. The summed E-state index contributed by atoms with van der Waals surface area (Å²) in [5.74, 6) is 0.747. The van der Waals surface area contributed by atoms with Crippen molar-refractivity contribution in [2.45, 2.75) is 26.7 Å². The number of aromatic nitrogens is 2. The van der Waals surface area contributed by atoms with Crippen molar-refractivity contribution >= 4 is 58.7 Å². The van der Waals surface area contributed by atoms with Gasteiger partial charge < -0.3 is 8.92 Å². The Morgan fingerprint density at radius 2 is 1.61 bits per heavy atom. The van der Waals surface area contributed by atoms with Gasteiger partial charge in [0.1, 0.15) is 5.75 Å². The summed E-state index contributed by atoms with van der Waals surface area (Å²) in [5, 5.41) is 5.93. The first-order valence-electron chi connectivity index (χ1n) is 11.1. The van der Waals surface area contributed by atoms with Crippen molar-refractivity contribution in [3.05, 3.63) is 80.9 Å². The van der Waals surface area contributed by atoms with Crippen molar-refractivity contribution in [3.8, 4) is 17.2 Å². The van der Waals surface area contributed by atoms with Crippen LogP contribution in [0.2, 0.25) is 0 Å². The fourth-order valence-corrected chi connectivity index (χ4v) is 4.64. The van der Waals surface area contributed by atoms with E-state index in [9.17, 15) is 13.2 Å². The van der Waals surface area contributed by atoms with E-state index in [0.29, 0.717) is 10.9 Å². The fourth-order valence-electron chi connectivity index (χ4n) is 3.48. The molecular weight excluding hydrogens is 612 g/mol. The zero-order valence-corrected chi connectivity index (χ0v) is 24.3. The number of halogens is 2. The average Bonchev–Trinajstić information content (AvgIpc) is 3.21. The molecule has 7 nitrogen and oxygen atoms in total. The van der Waals surface area contributed by atoms with Crippen LogP contribution in [-0.2, 0) is 16.5 Å². The van der Waals surface area contributed by atoms with Crippen molar-refractivity contribution in [1.29, 1.82) is 0 Å². The second-order valence-electron chi connectivity index (χ2n) is 7.78. The molecule has 0 saturated heterocycles. The van der Waals surface area contributed by atoms with Crippen LogP contribution in [0.3, 0.4) is 0 Å². The first kappa shape index (κ1) is 27.9. The van der Waals surface area contributed by atoms with Crippen LogP contribution >= 0.6 is 31.9 Å². The zero-order chi connectivity index (χ0) is 26.5. The number of hydrogen-bond acceptors (Lipinski definition) is 6. The fraction of sp³-hybridized carbons (Fsp3) is 0.231. The molecule has 36 heavy (non-hydrogen) atoms. The van der Waals surface area contributed by atoms with Gasteiger partial charge in [0.25, 0.3) is 0 Å². The molecule has 0 aliphatic rings. The number of nitrogens with zero attached hydrogens (tertiary/aromatic N) is 2. The maximum absolute atomic E-state index is 11.5. The molecule has 4 aromatic rings. The van der Waals surface area contributed by atoms with Gasteiger partial charge in [0.05, 0.1) is 35.8 Å². The van der Waals surface area contributed by atoms with Crippen LogP contribution in [-0.4, -0.2) is 37.3 Å². The predicted molar refractivity (Wildman–Crippen MR) is 149 cm³/mol. The van der Waals surface area contributed by atoms with Gasteiger partial charge in [0.2, 0.25) is 0 Å². The molecule has 0 amide bonds. The summed E-state index contributed by atoms with van der Waals surface area (Å²) >= 11 is 6.72. The van der Waals surface area contributed by atoms with Crippen LogP contribution in [0.1, 0.15) is 36.3 Å². The number of aryl methyl sites for hydroxylation is 1. The second-order valence-corrected chi connectivity index (χ2v) is 11.2. The molecular formula is C26H26Br2N2O5S. The molecule has 0 fully saturated rings. The highest BCUT2D eigenvalue weighted by atomic mass is 79.9. The van der Waals surface area contributed by atoms with Gasteiger partial charge in [-0.25, -0.2) is 4.68 Å². The molecule has 1 aromatic heterocycles. The molecule has 190 valence electrons. The lowest BCUT2D eigenvalue weighted by molar-refractivity contribution is 0.0986. The van der Waals surface area contributed by atoms with Crippen molar-refractivity contribution < 1.29 is 22.1 Å². The number of ether oxygens (including phenoxy) is 1. The van der Waals surface area contributed by atoms with Gasteiger partial charge >= 0.3 is 10.1 Å². The smallest absolute Gasteiger partial charge is 0.306 e. The Labute approximate surface area is 227 Å². The van der Waals surface area contributed by atoms with Crippen LogP contribution in [0.15, 0.2) is 69.6 Å². The number of hydrogen-bond donors (Lipinski definition) is 0. The molecule has 0 bridgehead atoms. The van der Waals surface area contributed by atoms with Gasteiger partial charge in [-0.05, 0) is 67.1 Å². The first-order valence-corrected chi connectivity index (χ1v) is 14.5. The lowest BCUT2D eigenvalue weighted by atomic mass is 10.1. The van der Waals surface area contributed by atoms with E-state index in [1.807, 2.05) is 28.9 Å². The first-order chi connectivity index (χ1) is 17.1. The van der Waals surface area contributed by atoms with Crippen LogP contribution < -0.4 is 8.92 Å². The summed E-state index contributed by atoms with van der Waals surface area (Å²) in [5.41, 5.74) is 3.54. The van der Waals surface area contributed by atoms with E-state index in [1.165, 1.54) is 17.5 Å². The normalized spacial score (nSPS) is 11.1. The van der Waals surface area contributed by atoms with E-state index >= 15 is 0 Å². The predicted octanol–water partition coefficient (Wildman–Crippen LogP) is 6.74. The van der Waals surface area contributed by atoms with Crippen LogP contribution in [0.25, 0.3) is 16.6 Å². The number of fused-ring (bicyclic) bond motifs is 1. The van der Waals surface area contributed by atoms with Crippen molar-refractivity contribution in [3.63, 3.8) is 0 Å². The van der Waals surface area contributed by atoms with Crippen LogP contribution in [0, 0.1) is 0 Å². The van der Waals surface area contributed by atoms with E-state index in [2.05, 4.69) is 57.0 Å². The Morgan fingerprint density at radius 1 is 0.972 bits per heavy atom. The number of carbonyl (C=O) groups excluding carboxylic acids is 1. The molecule has 1 heterocycles. The van der Waals surface area contributed by atoms with Crippen molar-refractivity contribution in [2.24, 2.45) is 0 Å². The number of benzene rings is 3. The number of carbonyl (C=O) groups is 1. The SMILES string of the molecule is CCC(=O)c1ccc(Br)cc1OS(C)(=O)=O.CCc1nn(-c2ccc(OC)cc2)c2cc(Br)ccc12. The minimum Gasteiger partial charge on any atom is -0.497 e. The molecule has 0 saturated carbocycles. The van der Waals surface area contributed by atoms with Gasteiger partial charge in [0.15, 0.2) is 11.5 Å². The van der Waals surface area contributed by atoms with Crippen LogP contribution in [0.4, 0.5) is 0 Å². The summed E-state index contributed by atoms with van der Waals surface area (Å²) in [6, 6.07) is 18.9. The molecule has 3 aromatic carbocycles. The standard InChI is InChI=1S/C16H15BrN2O.C10H11BrO4S/c1-3-15-14-9-4-11(17)10-16(14)19(18-15)12-5-7-13(20-2)8-6-12;1-3-9(12)8-5-4-7(11)6-10(8)15-16(2,13)14/h4-10H,3H2,1-2H3;4-6H,3H2,1-2H3. The van der Waals surface area contributed by atoms with E-state index in [4.69, 9.17) is 14.0 Å². The number of ketones is 1. The van der Waals surface area contributed by atoms with E-state index in [0.717, 1.165) is 39.8 Å². The van der Waals surface area contributed by atoms with Gasteiger partial charge in [-0.2, -0.15) is 13.5 Å². The van der Waals surface area contributed by atoms with E-state index in [1.54, 1.807) is 20.1 Å². The third kappa shape index (κ3) is 6.96. The van der Waals surface area contributed by atoms with E-state index < -0.39 is 10.1 Å². The summed E-state index contributed by atoms with van der Waals surface area (Å²) in [6.45, 7) is 3.83. The minimum absolute atomic E-state index is 0.0590. The highest BCUT2D eigenvalue weighted by Crippen LogP contribution is 2.27. The molecule has 0 unspecified atom stereocenters. The van der Waals surface area contributed by atoms with Gasteiger partial charge in [0, 0.05) is 20.8 Å². The summed E-state index contributed by atoms with van der Waals surface area (Å²) in [6.07, 6.45) is 2.15. The quantitative estimate of drug-likeness (QED) is 0.165. The molecule has 0 aliphatic heterocycles. The zero-order valence-electron chi connectivity index (χ0n) is 20.3. The molecule has 10 heteroatoms. The summed E-state index contributed by atoms with van der Waals surface area (Å²) in [7, 11) is -1.96. The maximum atomic E-state index is 11.5. The average molecular weight is 638 g/mol. The molecule has 0 atom stereocenters. The lowest BCUT2D eigenvalue weighted by Crippen LogP contribution is -2.09. The van der Waals surface area contributed by atoms with Gasteiger partial charge in [-0.1, -0.05) is 45.7 Å². The third-order valence-corrected chi connectivity index (χ3v) is 6.65. The number of methoxy groups -OCH3 is 1. The van der Waals surface area contributed by atoms with E-state index in [-0.39, 0.29) is 17.1 Å². The monoisotopic (exact) mass is 636 g/mol. The second kappa shape index (κ2) is 12.0. The Hall–Kier alpha value is -2.69. The Balaban J connectivity index is 0.000000207. The molecule has 0 radical (unpaired) electrons. The highest BCUT2D eigenvalue weighted by Gasteiger charge is 2.15. The van der Waals surface area contributed by atoms with Gasteiger partial charge in [-0.3, -0.25) is 4.79 Å². The molecule has 0 aliphatic carbocycles. The van der Waals surface area contributed by atoms with Crippen molar-refractivity contribution in [2.75, 3.05) is 13.4 Å². The van der Waals surface area contributed by atoms with Gasteiger partial charge in [-0.15, -0.1) is 0 Å². The number of rotatable bonds is 7. The topological polar surface area (TPSA) is 87.5 Å². The highest BCUT2D eigenvalue weighted by molar-refractivity contribution is 9.10. The Kier molecular flexibility index (Phi) is 9.32. The van der Waals surface area contributed by atoms with Crippen molar-refractivity contribution in [1.82, 2.24) is 9.78 Å². The lowest BCUT2D eigenvalue weighted by Gasteiger charge is -2.08. The maximum Gasteiger partial charge on any atom is 0.306 e. The van der Waals surface area contributed by atoms with Crippen LogP contribution in [0.5, 0.6) is 11.5 Å². The largest absolute Gasteiger partial charge is 0.497 e. The summed E-state index contributed by atoms with van der Waals surface area (Å²) in [4.78, 5) is 11.5. The molecule has 0 spiro atoms. The molecule has 0 N–H and O–H groups in total. The Morgan fingerprint density at radius 3 is 2.19 bits per heavy atom. The molecule has 4 rings (SSSR count). The number of Topliss-reactive ketones (excluding diaryl/α,β-unsaturated/α-hetero) is 1. The Bertz CT molecular complexity index is 1480. The minimum atomic E-state index is -3.63. The summed E-state index contributed by atoms with van der Waals surface area (Å²) < 4.78 is 35.7.